The van der Waals surface area contributed by atoms with Gasteiger partial charge in [-0.15, -0.1) is 0 Å². The van der Waals surface area contributed by atoms with Gasteiger partial charge in [-0.3, -0.25) is 0 Å². The summed E-state index contributed by atoms with van der Waals surface area (Å²) in [5.41, 5.74) is 0.993. The zero-order valence-corrected chi connectivity index (χ0v) is 9.83. The molecule has 0 unspecified atom stereocenters. The molecule has 1 heterocycles. The van der Waals surface area contributed by atoms with Gasteiger partial charge < -0.3 is 14.9 Å². The Morgan fingerprint density at radius 1 is 1.44 bits per heavy atom. The first kappa shape index (κ1) is 12.1. The number of hydrogen-bond acceptors (Lipinski definition) is 4. The molecule has 2 rings (SSSR count). The third-order valence-corrected chi connectivity index (χ3v) is 2.42. The van der Waals surface area contributed by atoms with Gasteiger partial charge in [-0.25, -0.2) is 4.79 Å². The van der Waals surface area contributed by atoms with Crippen LogP contribution in [0.25, 0.3) is 0 Å². The van der Waals surface area contributed by atoms with Crippen molar-refractivity contribution in [1.82, 2.24) is 15.5 Å². The molecule has 6 nitrogen and oxygen atoms in total. The molecule has 1 atom stereocenters. The van der Waals surface area contributed by atoms with Gasteiger partial charge in [0.25, 0.3) is 0 Å². The lowest BCUT2D eigenvalue weighted by Gasteiger charge is -2.12. The molecule has 6 heteroatoms. The minimum atomic E-state index is -1.12. The van der Waals surface area contributed by atoms with Crippen LogP contribution in [0.5, 0.6) is 0 Å². The van der Waals surface area contributed by atoms with Crippen LogP contribution in [0.3, 0.4) is 0 Å². The van der Waals surface area contributed by atoms with Gasteiger partial charge in [0.2, 0.25) is 5.89 Å². The molecular formula is C12H13N3O3. The van der Waals surface area contributed by atoms with Crippen LogP contribution in [-0.2, 0) is 6.42 Å². The number of carbonyl (C=O) groups is 1. The molecule has 0 aliphatic carbocycles. The topological polar surface area (TPSA) is 88.2 Å². The summed E-state index contributed by atoms with van der Waals surface area (Å²) in [6.45, 7) is 1.69. The van der Waals surface area contributed by atoms with Crippen LogP contribution < -0.4 is 5.32 Å². The fraction of sp³-hybridized carbons (Fsp3) is 0.250. The van der Waals surface area contributed by atoms with Crippen LogP contribution in [0.2, 0.25) is 0 Å². The molecule has 2 aromatic rings. The van der Waals surface area contributed by atoms with Gasteiger partial charge >= 0.3 is 6.09 Å². The first-order chi connectivity index (χ1) is 8.65. The Bertz CT molecular complexity index is 524. The van der Waals surface area contributed by atoms with Gasteiger partial charge in [0.15, 0.2) is 5.82 Å². The molecule has 0 aliphatic heterocycles. The highest BCUT2D eigenvalue weighted by Crippen LogP contribution is 2.16. The van der Waals surface area contributed by atoms with Crippen LogP contribution in [-0.4, -0.2) is 21.3 Å². The van der Waals surface area contributed by atoms with E-state index in [9.17, 15) is 4.79 Å². The smallest absolute Gasteiger partial charge is 0.405 e. The Morgan fingerprint density at radius 2 is 2.17 bits per heavy atom. The average molecular weight is 247 g/mol. The van der Waals surface area contributed by atoms with E-state index in [1.54, 1.807) is 6.92 Å². The van der Waals surface area contributed by atoms with Gasteiger partial charge in [0.05, 0.1) is 0 Å². The first-order valence-corrected chi connectivity index (χ1v) is 5.49. The second-order valence-electron chi connectivity index (χ2n) is 3.87. The van der Waals surface area contributed by atoms with Crippen molar-refractivity contribution in [2.24, 2.45) is 0 Å². The predicted octanol–water partition coefficient (Wildman–Crippen LogP) is 1.93. The number of hydrogen-bond donors (Lipinski definition) is 2. The van der Waals surface area contributed by atoms with E-state index in [1.165, 1.54) is 0 Å². The first-order valence-electron chi connectivity index (χ1n) is 5.49. The van der Waals surface area contributed by atoms with Crippen molar-refractivity contribution in [3.05, 3.63) is 47.6 Å². The summed E-state index contributed by atoms with van der Waals surface area (Å²) in [5.74, 6) is 0.758. The van der Waals surface area contributed by atoms with Crippen molar-refractivity contribution in [2.45, 2.75) is 19.4 Å². The van der Waals surface area contributed by atoms with Gasteiger partial charge in [0.1, 0.15) is 6.04 Å². The van der Waals surface area contributed by atoms with E-state index < -0.39 is 12.1 Å². The molecule has 0 aliphatic rings. The molecule has 1 amide bonds. The number of rotatable bonds is 4. The summed E-state index contributed by atoms with van der Waals surface area (Å²) in [7, 11) is 0. The van der Waals surface area contributed by atoms with Crippen LogP contribution >= 0.6 is 0 Å². The Morgan fingerprint density at radius 3 is 2.72 bits per heavy atom. The zero-order chi connectivity index (χ0) is 13.0. The minimum absolute atomic E-state index is 0.277. The molecule has 0 bridgehead atoms. The highest BCUT2D eigenvalue weighted by molar-refractivity contribution is 5.65. The maximum Gasteiger partial charge on any atom is 0.405 e. The number of nitrogens with zero attached hydrogens (tertiary/aromatic N) is 2. The van der Waals surface area contributed by atoms with Crippen molar-refractivity contribution < 1.29 is 14.4 Å². The quantitative estimate of drug-likeness (QED) is 0.861. The normalized spacial score (nSPS) is 12.1. The maximum absolute atomic E-state index is 10.8. The summed E-state index contributed by atoms with van der Waals surface area (Å²) < 4.78 is 5.01. The van der Waals surface area contributed by atoms with Gasteiger partial charge in [-0.05, 0) is 12.5 Å². The number of aryl methyl sites for hydroxylation is 1. The summed E-state index contributed by atoms with van der Waals surface area (Å²) in [6.07, 6.45) is -0.652. The lowest BCUT2D eigenvalue weighted by Crippen LogP contribution is -2.28. The molecular weight excluding hydrogens is 234 g/mol. The predicted molar refractivity (Wildman–Crippen MR) is 63.1 cm³/mol. The molecule has 18 heavy (non-hydrogen) atoms. The van der Waals surface area contributed by atoms with Crippen LogP contribution in [0.15, 0.2) is 34.9 Å². The highest BCUT2D eigenvalue weighted by Gasteiger charge is 2.20. The maximum atomic E-state index is 10.8. The fourth-order valence-electron chi connectivity index (χ4n) is 1.65. The van der Waals surface area contributed by atoms with Crippen molar-refractivity contribution in [2.75, 3.05) is 0 Å². The molecule has 0 saturated carbocycles. The second-order valence-corrected chi connectivity index (χ2v) is 3.87. The number of aromatic nitrogens is 2. The molecule has 1 aromatic carbocycles. The lowest BCUT2D eigenvalue weighted by molar-refractivity contribution is 0.186. The largest absolute Gasteiger partial charge is 0.465 e. The van der Waals surface area contributed by atoms with E-state index in [2.05, 4.69) is 15.5 Å². The summed E-state index contributed by atoms with van der Waals surface area (Å²) in [4.78, 5) is 14.8. The number of amides is 1. The minimum Gasteiger partial charge on any atom is -0.465 e. The number of carboxylic acid groups (broad SMARTS) is 1. The number of benzene rings is 1. The van der Waals surface area contributed by atoms with Crippen molar-refractivity contribution in [3.63, 3.8) is 0 Å². The van der Waals surface area contributed by atoms with Crippen molar-refractivity contribution >= 4 is 6.09 Å². The van der Waals surface area contributed by atoms with Crippen molar-refractivity contribution in [1.29, 1.82) is 0 Å². The molecule has 0 fully saturated rings. The van der Waals surface area contributed by atoms with Gasteiger partial charge in [0, 0.05) is 6.42 Å². The molecule has 1 aromatic heterocycles. The molecule has 0 saturated heterocycles. The van der Waals surface area contributed by atoms with E-state index in [0.717, 1.165) is 5.56 Å². The van der Waals surface area contributed by atoms with Crippen molar-refractivity contribution in [3.8, 4) is 0 Å². The van der Waals surface area contributed by atoms with E-state index in [-0.39, 0.29) is 5.89 Å². The van der Waals surface area contributed by atoms with Gasteiger partial charge in [-0.1, -0.05) is 35.5 Å². The van der Waals surface area contributed by atoms with E-state index in [0.29, 0.717) is 12.2 Å². The SMILES string of the molecule is Cc1noc([C@@H](Cc2ccccc2)NC(=O)O)n1. The molecule has 0 spiro atoms. The summed E-state index contributed by atoms with van der Waals surface area (Å²) in [5, 5.41) is 14.9. The summed E-state index contributed by atoms with van der Waals surface area (Å²) >= 11 is 0. The summed E-state index contributed by atoms with van der Waals surface area (Å²) in [6, 6.07) is 8.99. The highest BCUT2D eigenvalue weighted by atomic mass is 16.5. The molecule has 94 valence electrons. The Kier molecular flexibility index (Phi) is 3.57. The monoisotopic (exact) mass is 247 g/mol. The van der Waals surface area contributed by atoms with Crippen LogP contribution in [0.4, 0.5) is 4.79 Å². The van der Waals surface area contributed by atoms with Crippen LogP contribution in [0, 0.1) is 6.92 Å². The fourth-order valence-corrected chi connectivity index (χ4v) is 1.65. The number of nitrogens with one attached hydrogen (secondary N) is 1. The molecule has 0 radical (unpaired) electrons. The Hall–Kier alpha value is -2.37. The second kappa shape index (κ2) is 5.31. The Labute approximate surface area is 104 Å². The van der Waals surface area contributed by atoms with E-state index in [4.69, 9.17) is 9.63 Å². The van der Waals surface area contributed by atoms with E-state index >= 15 is 0 Å². The third-order valence-electron chi connectivity index (χ3n) is 2.42. The third kappa shape index (κ3) is 3.07. The zero-order valence-electron chi connectivity index (χ0n) is 9.83. The van der Waals surface area contributed by atoms with Crippen LogP contribution in [0.1, 0.15) is 23.3 Å². The van der Waals surface area contributed by atoms with Gasteiger partial charge in [-0.2, -0.15) is 4.98 Å². The average Bonchev–Trinajstić information content (AvgIpc) is 2.76. The standard InChI is InChI=1S/C12H13N3O3/c1-8-13-11(18-15-8)10(14-12(16)17)7-9-5-3-2-4-6-9/h2-6,10,14H,7H2,1H3,(H,16,17)/t10-/m1/s1. The van der Waals surface area contributed by atoms with E-state index in [1.807, 2.05) is 30.3 Å². The Balaban J connectivity index is 2.18. The molecule has 2 N–H and O–H groups in total. The lowest BCUT2D eigenvalue weighted by atomic mass is 10.1.